The molecule has 7 nitrogen and oxygen atoms in total. The largest absolute Gasteiger partial charge is 0.506 e. The van der Waals surface area contributed by atoms with Crippen LogP contribution in [0.25, 0.3) is 0 Å². The van der Waals surface area contributed by atoms with Gasteiger partial charge in [0.15, 0.2) is 5.78 Å². The second-order valence-corrected chi connectivity index (χ2v) is 8.48. The lowest BCUT2D eigenvalue weighted by atomic mass is 9.80. The Morgan fingerprint density at radius 3 is 2.23 bits per heavy atom. The van der Waals surface area contributed by atoms with E-state index in [1.807, 2.05) is 0 Å². The van der Waals surface area contributed by atoms with Crippen LogP contribution >= 0.6 is 0 Å². The number of rotatable bonds is 5. The summed E-state index contributed by atoms with van der Waals surface area (Å²) in [5, 5.41) is 10.9. The average Bonchev–Trinajstić information content (AvgIpc) is 2.64. The molecule has 1 N–H and O–H groups in total. The molecular formula is C24H26O7. The molecule has 0 bridgehead atoms. The molecule has 0 saturated heterocycles. The van der Waals surface area contributed by atoms with Crippen molar-refractivity contribution in [2.45, 2.75) is 46.1 Å². The Labute approximate surface area is 180 Å². The number of Topliss-reactive ketones (excluding diaryl/α,β-unsaturated/α-hetero) is 1. The lowest BCUT2D eigenvalue weighted by Crippen LogP contribution is -2.26. The fourth-order valence-electron chi connectivity index (χ4n) is 3.89. The quantitative estimate of drug-likeness (QED) is 0.491. The highest BCUT2D eigenvalue weighted by Crippen LogP contribution is 2.41. The first kappa shape index (κ1) is 22.3. The predicted octanol–water partition coefficient (Wildman–Crippen LogP) is 3.63. The number of benzene rings is 2. The van der Waals surface area contributed by atoms with Crippen molar-refractivity contribution in [3.8, 4) is 17.2 Å². The average molecular weight is 426 g/mol. The number of phenolic OH excluding ortho intramolecular Hbond substituents is 1. The summed E-state index contributed by atoms with van der Waals surface area (Å²) in [4.78, 5) is 38.1. The first-order chi connectivity index (χ1) is 14.5. The van der Waals surface area contributed by atoms with E-state index in [0.29, 0.717) is 40.2 Å². The van der Waals surface area contributed by atoms with Gasteiger partial charge in [0.2, 0.25) is 5.78 Å². The molecule has 0 aliphatic heterocycles. The number of hydrogen-bond donors (Lipinski definition) is 1. The lowest BCUT2D eigenvalue weighted by molar-refractivity contribution is -0.153. The molecule has 31 heavy (non-hydrogen) atoms. The van der Waals surface area contributed by atoms with Gasteiger partial charge in [-0.2, -0.15) is 0 Å². The molecule has 1 aliphatic rings. The number of aromatic hydroxyl groups is 1. The van der Waals surface area contributed by atoms with E-state index in [9.17, 15) is 19.5 Å². The van der Waals surface area contributed by atoms with Crippen molar-refractivity contribution in [2.75, 3.05) is 14.2 Å². The smallest absolute Gasteiger partial charge is 0.310 e. The summed E-state index contributed by atoms with van der Waals surface area (Å²) < 4.78 is 16.0. The molecule has 2 aromatic rings. The zero-order chi connectivity index (χ0) is 23.1. The van der Waals surface area contributed by atoms with Gasteiger partial charge in [-0.3, -0.25) is 14.4 Å². The molecule has 1 aliphatic carbocycles. The Morgan fingerprint density at radius 1 is 1.03 bits per heavy atom. The predicted molar refractivity (Wildman–Crippen MR) is 113 cm³/mol. The Morgan fingerprint density at radius 2 is 1.68 bits per heavy atom. The molecule has 0 spiro atoms. The number of ketones is 2. The van der Waals surface area contributed by atoms with E-state index in [0.717, 1.165) is 0 Å². The van der Waals surface area contributed by atoms with Gasteiger partial charge < -0.3 is 19.3 Å². The second-order valence-electron chi connectivity index (χ2n) is 8.48. The highest BCUT2D eigenvalue weighted by Gasteiger charge is 2.33. The van der Waals surface area contributed by atoms with Gasteiger partial charge in [0.25, 0.3) is 0 Å². The minimum absolute atomic E-state index is 0.0473. The summed E-state index contributed by atoms with van der Waals surface area (Å²) in [6.07, 6.45) is 0.104. The van der Waals surface area contributed by atoms with E-state index in [1.54, 1.807) is 39.0 Å². The van der Waals surface area contributed by atoms with Crippen LogP contribution in [-0.4, -0.2) is 42.5 Å². The summed E-state index contributed by atoms with van der Waals surface area (Å²) in [6.45, 7) is 6.53. The van der Waals surface area contributed by atoms with Crippen LogP contribution in [0.5, 0.6) is 17.2 Å². The van der Waals surface area contributed by atoms with Gasteiger partial charge in [-0.05, 0) is 56.9 Å². The van der Waals surface area contributed by atoms with Crippen molar-refractivity contribution in [3.63, 3.8) is 0 Å². The van der Waals surface area contributed by atoms with Crippen LogP contribution in [-0.2, 0) is 22.4 Å². The van der Waals surface area contributed by atoms with Crippen LogP contribution in [0.2, 0.25) is 0 Å². The summed E-state index contributed by atoms with van der Waals surface area (Å²) in [5.74, 6) is -0.979. The van der Waals surface area contributed by atoms with Gasteiger partial charge in [-0.1, -0.05) is 6.07 Å². The molecule has 2 aromatic carbocycles. The van der Waals surface area contributed by atoms with Gasteiger partial charge in [-0.15, -0.1) is 0 Å². The van der Waals surface area contributed by atoms with Crippen molar-refractivity contribution in [3.05, 3.63) is 51.6 Å². The number of fused-ring (bicyclic) bond motifs is 2. The Bertz CT molecular complexity index is 1090. The molecule has 164 valence electrons. The number of carbonyl (C=O) groups is 3. The topological polar surface area (TPSA) is 99.1 Å². The van der Waals surface area contributed by atoms with Crippen LogP contribution in [0, 0.1) is 0 Å². The number of esters is 1. The molecule has 7 heteroatoms. The minimum atomic E-state index is -0.689. The summed E-state index contributed by atoms with van der Waals surface area (Å²) in [5.41, 5.74) is 1.15. The van der Waals surface area contributed by atoms with Crippen LogP contribution in [0.15, 0.2) is 18.2 Å². The van der Waals surface area contributed by atoms with Gasteiger partial charge in [0.1, 0.15) is 22.8 Å². The van der Waals surface area contributed by atoms with Gasteiger partial charge in [0, 0.05) is 6.07 Å². The molecule has 0 fully saturated rings. The zero-order valence-electron chi connectivity index (χ0n) is 18.5. The first-order valence-corrected chi connectivity index (χ1v) is 9.87. The molecule has 0 radical (unpaired) electrons. The molecule has 0 aromatic heterocycles. The summed E-state index contributed by atoms with van der Waals surface area (Å²) in [7, 11) is 2.96. The van der Waals surface area contributed by atoms with Crippen LogP contribution in [0.1, 0.15) is 70.7 Å². The second kappa shape index (κ2) is 8.06. The number of carbonyl (C=O) groups excluding carboxylic acids is 3. The van der Waals surface area contributed by atoms with Gasteiger partial charge in [-0.25, -0.2) is 0 Å². The molecule has 0 amide bonds. The maximum Gasteiger partial charge on any atom is 0.310 e. The van der Waals surface area contributed by atoms with Crippen molar-refractivity contribution in [1.82, 2.24) is 0 Å². The van der Waals surface area contributed by atoms with Crippen LogP contribution < -0.4 is 9.47 Å². The fourth-order valence-corrected chi connectivity index (χ4v) is 3.89. The molecule has 0 heterocycles. The standard InChI is InChI=1S/C24H26O7/c1-12(25)19-15(10-18(26)31-24(2,3)4)8-13-7-14-9-16(29-5)11-17(30-6)20(14)23(28)21(13)22(19)27/h8-9,11,27H,7,10H2,1-6H3. The third-order valence-electron chi connectivity index (χ3n) is 5.02. The van der Waals surface area contributed by atoms with Crippen molar-refractivity contribution in [2.24, 2.45) is 0 Å². The number of ether oxygens (including phenoxy) is 3. The Hall–Kier alpha value is -3.35. The molecule has 3 rings (SSSR count). The summed E-state index contributed by atoms with van der Waals surface area (Å²) in [6, 6.07) is 4.96. The maximum atomic E-state index is 13.3. The van der Waals surface area contributed by atoms with E-state index in [4.69, 9.17) is 14.2 Å². The fraction of sp³-hybridized carbons (Fsp3) is 0.375. The maximum absolute atomic E-state index is 13.3. The van der Waals surface area contributed by atoms with Crippen molar-refractivity contribution in [1.29, 1.82) is 0 Å². The van der Waals surface area contributed by atoms with Crippen molar-refractivity contribution < 1.29 is 33.7 Å². The first-order valence-electron chi connectivity index (χ1n) is 9.87. The number of methoxy groups -OCH3 is 2. The Balaban J connectivity index is 2.16. The lowest BCUT2D eigenvalue weighted by Gasteiger charge is -2.25. The summed E-state index contributed by atoms with van der Waals surface area (Å²) >= 11 is 0. The third-order valence-corrected chi connectivity index (χ3v) is 5.02. The van der Waals surface area contributed by atoms with E-state index < -0.39 is 28.9 Å². The van der Waals surface area contributed by atoms with E-state index in [2.05, 4.69) is 0 Å². The molecular weight excluding hydrogens is 400 g/mol. The van der Waals surface area contributed by atoms with E-state index in [-0.39, 0.29) is 17.5 Å². The van der Waals surface area contributed by atoms with Crippen molar-refractivity contribution >= 4 is 17.5 Å². The van der Waals surface area contributed by atoms with E-state index >= 15 is 0 Å². The third kappa shape index (κ3) is 4.26. The number of hydrogen-bond acceptors (Lipinski definition) is 7. The minimum Gasteiger partial charge on any atom is -0.506 e. The van der Waals surface area contributed by atoms with E-state index in [1.165, 1.54) is 21.1 Å². The normalized spacial score (nSPS) is 12.6. The molecule has 0 saturated carbocycles. The van der Waals surface area contributed by atoms with Crippen LogP contribution in [0.4, 0.5) is 0 Å². The zero-order valence-corrected chi connectivity index (χ0v) is 18.5. The number of phenols is 1. The van der Waals surface area contributed by atoms with Crippen LogP contribution in [0.3, 0.4) is 0 Å². The monoisotopic (exact) mass is 426 g/mol. The highest BCUT2D eigenvalue weighted by atomic mass is 16.6. The van der Waals surface area contributed by atoms with Gasteiger partial charge in [0.05, 0.1) is 37.3 Å². The highest BCUT2D eigenvalue weighted by molar-refractivity contribution is 6.17. The van der Waals surface area contributed by atoms with Gasteiger partial charge >= 0.3 is 5.97 Å². The Kier molecular flexibility index (Phi) is 5.81. The molecule has 0 unspecified atom stereocenters. The molecule has 0 atom stereocenters. The SMILES string of the molecule is COc1cc2c(c(OC)c1)C(=O)c1c(cc(CC(=O)OC(C)(C)C)c(C(C)=O)c1O)C2.